The van der Waals surface area contributed by atoms with Gasteiger partial charge in [0, 0.05) is 0 Å². The number of rotatable bonds is 5. The summed E-state index contributed by atoms with van der Waals surface area (Å²) in [5.41, 5.74) is 0. The van der Waals surface area contributed by atoms with Gasteiger partial charge < -0.3 is 5.11 Å². The van der Waals surface area contributed by atoms with E-state index in [0.717, 1.165) is 12.8 Å². The van der Waals surface area contributed by atoms with Gasteiger partial charge in [0.15, 0.2) is 0 Å². The summed E-state index contributed by atoms with van der Waals surface area (Å²) >= 11 is 0. The molecule has 1 nitrogen and oxygen atoms in total. The summed E-state index contributed by atoms with van der Waals surface area (Å²) in [6, 6.07) is 0. The van der Waals surface area contributed by atoms with Crippen molar-refractivity contribution in [3.05, 3.63) is 12.7 Å². The van der Waals surface area contributed by atoms with E-state index in [9.17, 15) is 0 Å². The van der Waals surface area contributed by atoms with E-state index in [-0.39, 0.29) is 0 Å². The van der Waals surface area contributed by atoms with Gasteiger partial charge >= 0.3 is 0 Å². The van der Waals surface area contributed by atoms with E-state index < -0.39 is 6.10 Å². The Morgan fingerprint density at radius 2 is 2.22 bits per heavy atom. The molecule has 0 aromatic heterocycles. The summed E-state index contributed by atoms with van der Waals surface area (Å²) in [5.74, 6) is 0. The van der Waals surface area contributed by atoms with Crippen LogP contribution in [0.3, 0.4) is 0 Å². The van der Waals surface area contributed by atoms with Gasteiger partial charge in [0.25, 0.3) is 0 Å². The minimum absolute atomic E-state index is 0.392. The van der Waals surface area contributed by atoms with Crippen LogP contribution < -0.4 is 0 Å². The first-order chi connectivity index (χ1) is 4.31. The van der Waals surface area contributed by atoms with E-state index in [2.05, 4.69) is 6.92 Å². The second-order valence-electron chi connectivity index (χ2n) is 2.26. The molecule has 0 rings (SSSR count). The molecule has 0 aromatic carbocycles. The Labute approximate surface area is 57.4 Å². The minimum atomic E-state index is -0.392. The molecule has 1 heteroatoms. The summed E-state index contributed by atoms with van der Waals surface area (Å²) in [5, 5.41) is 8.90. The molecule has 0 aliphatic heterocycles. The second kappa shape index (κ2) is 5.83. The summed E-state index contributed by atoms with van der Waals surface area (Å²) < 4.78 is 0. The monoisotopic (exact) mass is 127 g/mol. The Morgan fingerprint density at radius 3 is 2.67 bits per heavy atom. The predicted octanol–water partition coefficient (Wildman–Crippen LogP) is 1.92. The van der Waals surface area contributed by atoms with Crippen LogP contribution in [0.4, 0.5) is 0 Å². The average Bonchev–Trinajstić information content (AvgIpc) is 1.89. The lowest BCUT2D eigenvalue weighted by molar-refractivity contribution is 0.208. The van der Waals surface area contributed by atoms with E-state index in [1.807, 2.05) is 0 Å². The normalized spacial score (nSPS) is 13.1. The molecule has 9 heavy (non-hydrogen) atoms. The third kappa shape index (κ3) is 5.57. The molecule has 0 heterocycles. The Balaban J connectivity index is 2.96. The zero-order valence-corrected chi connectivity index (χ0v) is 6.01. The van der Waals surface area contributed by atoms with Gasteiger partial charge in [-0.2, -0.15) is 0 Å². The molecular weight excluding hydrogens is 112 g/mol. The van der Waals surface area contributed by atoms with Gasteiger partial charge in [0.2, 0.25) is 0 Å². The Morgan fingerprint density at radius 1 is 1.56 bits per heavy atom. The van der Waals surface area contributed by atoms with Crippen molar-refractivity contribution < 1.29 is 5.11 Å². The van der Waals surface area contributed by atoms with Crippen LogP contribution in [0.2, 0.25) is 0 Å². The van der Waals surface area contributed by atoms with Crippen molar-refractivity contribution in [3.63, 3.8) is 0 Å². The number of aliphatic hydroxyl groups excluding tert-OH is 1. The van der Waals surface area contributed by atoms with Gasteiger partial charge in [-0.05, 0) is 6.42 Å². The fraction of sp³-hybridized carbons (Fsp3) is 0.750. The lowest BCUT2D eigenvalue weighted by Crippen LogP contribution is -1.99. The van der Waals surface area contributed by atoms with Crippen LogP contribution >= 0.6 is 0 Å². The van der Waals surface area contributed by atoms with Crippen LogP contribution in [0.1, 0.15) is 32.6 Å². The lowest BCUT2D eigenvalue weighted by atomic mass is 10.1. The summed E-state index contributed by atoms with van der Waals surface area (Å²) in [4.78, 5) is 0. The minimum Gasteiger partial charge on any atom is -0.389 e. The van der Waals surface area contributed by atoms with Crippen LogP contribution in [0.15, 0.2) is 6.08 Å². The highest BCUT2D eigenvalue weighted by Gasteiger charge is 1.94. The van der Waals surface area contributed by atoms with E-state index in [1.165, 1.54) is 18.9 Å². The Bertz CT molecular complexity index is 69.0. The van der Waals surface area contributed by atoms with Gasteiger partial charge in [0.1, 0.15) is 0 Å². The highest BCUT2D eigenvalue weighted by Crippen LogP contribution is 2.02. The van der Waals surface area contributed by atoms with E-state index >= 15 is 0 Å². The largest absolute Gasteiger partial charge is 0.389 e. The van der Waals surface area contributed by atoms with Gasteiger partial charge in [-0.15, -0.1) is 0 Å². The average molecular weight is 127 g/mol. The maximum Gasteiger partial charge on any atom is 0.0723 e. The number of hydrogen-bond acceptors (Lipinski definition) is 1. The van der Waals surface area contributed by atoms with Gasteiger partial charge in [0.05, 0.1) is 6.10 Å². The van der Waals surface area contributed by atoms with Crippen LogP contribution in [-0.4, -0.2) is 11.2 Å². The molecule has 0 aliphatic carbocycles. The number of unbranched alkanes of at least 4 members (excludes halogenated alkanes) is 2. The third-order valence-corrected chi connectivity index (χ3v) is 1.33. The highest BCUT2D eigenvalue weighted by molar-refractivity contribution is 4.74. The fourth-order valence-electron chi connectivity index (χ4n) is 0.700. The third-order valence-electron chi connectivity index (χ3n) is 1.33. The van der Waals surface area contributed by atoms with E-state index in [1.54, 1.807) is 0 Å². The lowest BCUT2D eigenvalue weighted by Gasteiger charge is -2.01. The van der Waals surface area contributed by atoms with E-state index in [0.29, 0.717) is 0 Å². The van der Waals surface area contributed by atoms with Crippen molar-refractivity contribution >= 4 is 0 Å². The SMILES string of the molecule is [CH]=CC(O)CCCCC. The standard InChI is InChI=1S/C8H15O/c1-3-5-6-7-8(9)4-2/h2,4,8-9H,3,5-7H2,1H3. The maximum atomic E-state index is 8.90. The number of hydrogen-bond donors (Lipinski definition) is 1. The second-order valence-corrected chi connectivity index (χ2v) is 2.26. The molecule has 53 valence electrons. The van der Waals surface area contributed by atoms with Crippen LogP contribution in [-0.2, 0) is 0 Å². The summed E-state index contributed by atoms with van der Waals surface area (Å²) in [6.07, 6.45) is 5.21. The molecule has 1 unspecified atom stereocenters. The molecule has 1 radical (unpaired) electrons. The molecule has 0 aliphatic rings. The molecule has 0 amide bonds. The predicted molar refractivity (Wildman–Crippen MR) is 39.0 cm³/mol. The van der Waals surface area contributed by atoms with Crippen molar-refractivity contribution in [2.45, 2.75) is 38.7 Å². The fourth-order valence-corrected chi connectivity index (χ4v) is 0.700. The van der Waals surface area contributed by atoms with Gasteiger partial charge in [-0.1, -0.05) is 38.8 Å². The molecular formula is C8H15O. The molecule has 0 bridgehead atoms. The van der Waals surface area contributed by atoms with E-state index in [4.69, 9.17) is 11.7 Å². The van der Waals surface area contributed by atoms with Crippen LogP contribution in [0, 0.1) is 6.58 Å². The van der Waals surface area contributed by atoms with Crippen molar-refractivity contribution in [3.8, 4) is 0 Å². The number of aliphatic hydroxyl groups is 1. The summed E-state index contributed by atoms with van der Waals surface area (Å²) in [7, 11) is 0. The first kappa shape index (κ1) is 8.70. The Kier molecular flexibility index (Phi) is 5.64. The molecule has 0 fully saturated rings. The topological polar surface area (TPSA) is 20.2 Å². The van der Waals surface area contributed by atoms with Crippen molar-refractivity contribution in [2.24, 2.45) is 0 Å². The van der Waals surface area contributed by atoms with Crippen molar-refractivity contribution in [1.29, 1.82) is 0 Å². The van der Waals surface area contributed by atoms with Crippen molar-refractivity contribution in [1.82, 2.24) is 0 Å². The molecule has 1 atom stereocenters. The van der Waals surface area contributed by atoms with Crippen LogP contribution in [0.25, 0.3) is 0 Å². The summed E-state index contributed by atoms with van der Waals surface area (Å²) in [6.45, 7) is 7.22. The zero-order valence-electron chi connectivity index (χ0n) is 6.01. The van der Waals surface area contributed by atoms with Gasteiger partial charge in [-0.25, -0.2) is 0 Å². The van der Waals surface area contributed by atoms with Crippen molar-refractivity contribution in [2.75, 3.05) is 0 Å². The first-order valence-electron chi connectivity index (χ1n) is 3.54. The van der Waals surface area contributed by atoms with Crippen LogP contribution in [0.5, 0.6) is 0 Å². The highest BCUT2D eigenvalue weighted by atomic mass is 16.3. The maximum absolute atomic E-state index is 8.90. The zero-order chi connectivity index (χ0) is 7.11. The van der Waals surface area contributed by atoms with Gasteiger partial charge in [-0.3, -0.25) is 0 Å². The smallest absolute Gasteiger partial charge is 0.0723 e. The molecule has 0 spiro atoms. The Hall–Kier alpha value is -0.300. The molecule has 0 saturated carbocycles. The molecule has 0 aromatic rings. The first-order valence-corrected chi connectivity index (χ1v) is 3.54. The quantitative estimate of drug-likeness (QED) is 0.559. The molecule has 0 saturated heterocycles. The molecule has 1 N–H and O–H groups in total.